The van der Waals surface area contributed by atoms with Gasteiger partial charge in [0.15, 0.2) is 6.20 Å². The van der Waals surface area contributed by atoms with Crippen molar-refractivity contribution in [1.29, 1.82) is 0 Å². The van der Waals surface area contributed by atoms with Gasteiger partial charge in [0.1, 0.15) is 7.05 Å². The van der Waals surface area contributed by atoms with E-state index in [0.29, 0.717) is 0 Å². The molecule has 0 bridgehead atoms. The summed E-state index contributed by atoms with van der Waals surface area (Å²) in [7, 11) is 2.21. The summed E-state index contributed by atoms with van der Waals surface area (Å²) in [5, 5.41) is 8.27. The smallest absolute Gasteiger partial charge is 0.200 e. The number of benzene rings is 4. The number of hydrogen-bond acceptors (Lipinski definition) is 1. The molecule has 1 aliphatic heterocycles. The van der Waals surface area contributed by atoms with Gasteiger partial charge in [-0.25, -0.2) is 4.57 Å². The Labute approximate surface area is 200 Å². The lowest BCUT2D eigenvalue weighted by atomic mass is 9.83. The van der Waals surface area contributed by atoms with E-state index in [2.05, 4.69) is 107 Å². The van der Waals surface area contributed by atoms with Crippen LogP contribution in [0.1, 0.15) is 37.5 Å². The zero-order valence-corrected chi connectivity index (χ0v) is 21.2. The number of hydrogen-bond donors (Lipinski definition) is 0. The van der Waals surface area contributed by atoms with Crippen molar-refractivity contribution in [2.45, 2.75) is 50.8 Å². The second-order valence-electron chi connectivity index (χ2n) is 10.8. The normalized spacial score (nSPS) is 13.2. The Kier molecular flexibility index (Phi) is 4.45. The first kappa shape index (κ1) is 20.7. The third kappa shape index (κ3) is 3.04. The van der Waals surface area contributed by atoms with Gasteiger partial charge >= 0.3 is 0 Å². The van der Waals surface area contributed by atoms with Crippen LogP contribution in [0, 0.1) is 19.3 Å². The van der Waals surface area contributed by atoms with Gasteiger partial charge in [-0.1, -0.05) is 75.0 Å². The highest BCUT2D eigenvalue weighted by Gasteiger charge is 2.33. The molecule has 164 valence electrons. The second-order valence-corrected chi connectivity index (χ2v) is 11.9. The molecule has 4 aromatic carbocycles. The number of nitrogens with zero attached hydrogens (tertiary/aromatic N) is 1. The van der Waals surface area contributed by atoms with Crippen molar-refractivity contribution in [3.8, 4) is 11.3 Å². The highest BCUT2D eigenvalue weighted by Crippen LogP contribution is 2.53. The van der Waals surface area contributed by atoms with Gasteiger partial charge in [-0.05, 0) is 70.0 Å². The van der Waals surface area contributed by atoms with Crippen LogP contribution in [0.3, 0.4) is 0 Å². The maximum Gasteiger partial charge on any atom is 0.222 e. The van der Waals surface area contributed by atoms with E-state index in [-0.39, 0.29) is 5.41 Å². The quantitative estimate of drug-likeness (QED) is 0.181. The number of fused-ring (bicyclic) bond motifs is 5. The van der Waals surface area contributed by atoms with Crippen LogP contribution in [-0.2, 0) is 13.5 Å². The second kappa shape index (κ2) is 7.08. The minimum atomic E-state index is 0.209. The Morgan fingerprint density at radius 2 is 1.55 bits per heavy atom. The van der Waals surface area contributed by atoms with Gasteiger partial charge in [-0.15, -0.1) is 0 Å². The first-order valence-electron chi connectivity index (χ1n) is 11.8. The summed E-state index contributed by atoms with van der Waals surface area (Å²) in [6.45, 7) is 11.6. The third-order valence-electron chi connectivity index (χ3n) is 7.15. The monoisotopic (exact) mass is 448 g/mol. The Morgan fingerprint density at radius 3 is 2.30 bits per heavy atom. The van der Waals surface area contributed by atoms with Crippen LogP contribution in [0.2, 0.25) is 0 Å². The topological polar surface area (TPSA) is 3.88 Å². The number of aryl methyl sites for hydroxylation is 3. The molecular formula is C31H30NS+. The maximum absolute atomic E-state index is 2.44. The Morgan fingerprint density at radius 1 is 0.818 bits per heavy atom. The van der Waals surface area contributed by atoms with Crippen molar-refractivity contribution >= 4 is 44.1 Å². The van der Waals surface area contributed by atoms with Crippen molar-refractivity contribution in [3.05, 3.63) is 77.5 Å². The zero-order valence-electron chi connectivity index (χ0n) is 20.3. The van der Waals surface area contributed by atoms with Crippen LogP contribution >= 0.6 is 11.8 Å². The molecule has 0 fully saturated rings. The molecule has 0 amide bonds. The van der Waals surface area contributed by atoms with Crippen molar-refractivity contribution in [1.82, 2.24) is 0 Å². The molecule has 1 aliphatic rings. The van der Waals surface area contributed by atoms with E-state index in [1.807, 2.05) is 11.8 Å². The molecule has 6 rings (SSSR count). The molecule has 0 spiro atoms. The van der Waals surface area contributed by atoms with Crippen LogP contribution in [-0.4, -0.2) is 0 Å². The van der Waals surface area contributed by atoms with Crippen molar-refractivity contribution in [2.24, 2.45) is 12.5 Å². The van der Waals surface area contributed by atoms with E-state index in [1.54, 1.807) is 0 Å². The highest BCUT2D eigenvalue weighted by molar-refractivity contribution is 8.00. The average molecular weight is 449 g/mol. The number of aromatic nitrogens is 1. The summed E-state index contributed by atoms with van der Waals surface area (Å²) >= 11 is 1.99. The van der Waals surface area contributed by atoms with Crippen LogP contribution in [0.25, 0.3) is 43.6 Å². The summed E-state index contributed by atoms with van der Waals surface area (Å²) < 4.78 is 2.34. The number of pyridine rings is 1. The molecule has 0 atom stereocenters. The molecule has 33 heavy (non-hydrogen) atoms. The Hall–Kier alpha value is -2.84. The summed E-state index contributed by atoms with van der Waals surface area (Å²) in [4.78, 5) is 2.83. The predicted molar refractivity (Wildman–Crippen MR) is 142 cm³/mol. The fourth-order valence-corrected chi connectivity index (χ4v) is 7.04. The summed E-state index contributed by atoms with van der Waals surface area (Å²) in [6.07, 6.45) is 3.31. The van der Waals surface area contributed by atoms with E-state index in [4.69, 9.17) is 0 Å². The standard InChI is InChI=1S/C31H30NS/c1-18-10-9-13-22-23-14-15-32(6)29-27-19(2)20-11-7-8-12-21(20)25(17-31(3,4)5)30(27)33-26(28(23)29)16-24(18)22/h7-16H,17H2,1-6H3/q+1. The lowest BCUT2D eigenvalue weighted by molar-refractivity contribution is -0.659. The minimum absolute atomic E-state index is 0.209. The molecule has 1 aromatic heterocycles. The van der Waals surface area contributed by atoms with E-state index in [1.165, 1.54) is 70.1 Å². The van der Waals surface area contributed by atoms with Gasteiger partial charge in [0, 0.05) is 21.2 Å². The molecule has 0 unspecified atom stereocenters. The van der Waals surface area contributed by atoms with Crippen molar-refractivity contribution in [3.63, 3.8) is 0 Å². The largest absolute Gasteiger partial charge is 0.222 e. The Bertz CT molecular complexity index is 1620. The van der Waals surface area contributed by atoms with Crippen molar-refractivity contribution < 1.29 is 4.57 Å². The predicted octanol–water partition coefficient (Wildman–Crippen LogP) is 8.31. The summed E-state index contributed by atoms with van der Waals surface area (Å²) in [6, 6.07) is 20.5. The number of rotatable bonds is 1. The molecule has 0 saturated carbocycles. The summed E-state index contributed by atoms with van der Waals surface area (Å²) in [5.74, 6) is 0. The van der Waals surface area contributed by atoms with Crippen LogP contribution < -0.4 is 4.57 Å². The van der Waals surface area contributed by atoms with E-state index in [9.17, 15) is 0 Å². The fraction of sp³-hybridized carbons (Fsp3) is 0.258. The van der Waals surface area contributed by atoms with Gasteiger partial charge in [0.05, 0.1) is 10.9 Å². The van der Waals surface area contributed by atoms with Gasteiger partial charge in [-0.2, -0.15) is 0 Å². The van der Waals surface area contributed by atoms with Crippen LogP contribution in [0.5, 0.6) is 0 Å². The molecule has 0 aliphatic carbocycles. The molecular weight excluding hydrogens is 418 g/mol. The fourth-order valence-electron chi connectivity index (χ4n) is 5.68. The molecule has 1 nitrogen and oxygen atoms in total. The van der Waals surface area contributed by atoms with Gasteiger partial charge in [0.25, 0.3) is 0 Å². The van der Waals surface area contributed by atoms with Crippen LogP contribution in [0.15, 0.2) is 70.6 Å². The first-order valence-corrected chi connectivity index (χ1v) is 12.6. The van der Waals surface area contributed by atoms with E-state index >= 15 is 0 Å². The van der Waals surface area contributed by atoms with Gasteiger partial charge in [-0.3, -0.25) is 0 Å². The van der Waals surface area contributed by atoms with Gasteiger partial charge < -0.3 is 0 Å². The molecule has 2 heteroatoms. The van der Waals surface area contributed by atoms with E-state index < -0.39 is 0 Å². The van der Waals surface area contributed by atoms with Crippen molar-refractivity contribution in [2.75, 3.05) is 0 Å². The van der Waals surface area contributed by atoms with Gasteiger partial charge in [0.2, 0.25) is 5.69 Å². The average Bonchev–Trinajstić information content (AvgIpc) is 2.78. The maximum atomic E-state index is 2.44. The Balaban J connectivity index is 1.83. The molecule has 0 N–H and O–H groups in total. The first-order chi connectivity index (χ1) is 15.7. The molecule has 0 saturated heterocycles. The highest BCUT2D eigenvalue weighted by atomic mass is 32.2. The zero-order chi connectivity index (χ0) is 23.1. The SMILES string of the molecule is Cc1c2c(c(CC(C)(C)C)c3ccccc13)Sc1cc3c(C)cccc3c3cc[n+](C)c-2c13. The van der Waals surface area contributed by atoms with Crippen LogP contribution in [0.4, 0.5) is 0 Å². The lowest BCUT2D eigenvalue weighted by Gasteiger charge is -2.28. The lowest BCUT2D eigenvalue weighted by Crippen LogP contribution is -2.32. The molecule has 2 heterocycles. The summed E-state index contributed by atoms with van der Waals surface area (Å²) in [5.41, 5.74) is 7.22. The minimum Gasteiger partial charge on any atom is -0.200 e. The molecule has 0 radical (unpaired) electrons. The van der Waals surface area contributed by atoms with E-state index in [0.717, 1.165) is 6.42 Å². The molecule has 5 aromatic rings. The third-order valence-corrected chi connectivity index (χ3v) is 8.34.